The highest BCUT2D eigenvalue weighted by Gasteiger charge is 2.33. The molecule has 0 unspecified atom stereocenters. The van der Waals surface area contributed by atoms with Crippen molar-refractivity contribution in [2.75, 3.05) is 24.3 Å². The third-order valence-electron chi connectivity index (χ3n) is 4.68. The van der Waals surface area contributed by atoms with Crippen LogP contribution in [0.2, 0.25) is 0 Å². The molecule has 4 rings (SSSR count). The minimum Gasteiger partial charge on any atom is -0.315 e. The minimum atomic E-state index is -0.308. The van der Waals surface area contributed by atoms with Gasteiger partial charge in [0.05, 0.1) is 17.0 Å². The van der Waals surface area contributed by atoms with Crippen LogP contribution in [0.3, 0.4) is 0 Å². The summed E-state index contributed by atoms with van der Waals surface area (Å²) in [6.07, 6.45) is 3.15. The molecular formula is C19H19N7O2S. The van der Waals surface area contributed by atoms with Crippen molar-refractivity contribution in [2.45, 2.75) is 13.5 Å². The molecule has 3 aromatic rings. The van der Waals surface area contributed by atoms with Crippen molar-refractivity contribution in [3.8, 4) is 11.3 Å². The van der Waals surface area contributed by atoms with Gasteiger partial charge in [0.2, 0.25) is 5.91 Å². The predicted octanol–water partition coefficient (Wildman–Crippen LogP) is 2.34. The lowest BCUT2D eigenvalue weighted by Gasteiger charge is -2.32. The number of aryl methyl sites for hydroxylation is 1. The Balaban J connectivity index is 1.48. The van der Waals surface area contributed by atoms with Crippen LogP contribution in [0.15, 0.2) is 42.4 Å². The van der Waals surface area contributed by atoms with E-state index in [-0.39, 0.29) is 18.4 Å². The number of hydrogen-bond donors (Lipinski definition) is 1. The van der Waals surface area contributed by atoms with E-state index in [0.717, 1.165) is 16.3 Å². The monoisotopic (exact) mass is 409 g/mol. The smallest absolute Gasteiger partial charge is 0.279 e. The van der Waals surface area contributed by atoms with Crippen molar-refractivity contribution in [1.29, 1.82) is 0 Å². The molecule has 0 fully saturated rings. The van der Waals surface area contributed by atoms with Gasteiger partial charge in [0, 0.05) is 31.2 Å². The molecule has 0 aliphatic carbocycles. The number of nitrogens with zero attached hydrogens (tertiary/aromatic N) is 6. The largest absolute Gasteiger partial charge is 0.315 e. The van der Waals surface area contributed by atoms with Gasteiger partial charge >= 0.3 is 0 Å². The normalized spacial score (nSPS) is 13.6. The lowest BCUT2D eigenvalue weighted by molar-refractivity contribution is -0.116. The lowest BCUT2D eigenvalue weighted by Crippen LogP contribution is -2.41. The number of carbonyl (C=O) groups is 2. The quantitative estimate of drug-likeness (QED) is 0.711. The number of carbonyl (C=O) groups excluding carboxylic acids is 2. The van der Waals surface area contributed by atoms with E-state index in [1.54, 1.807) is 42.6 Å². The van der Waals surface area contributed by atoms with E-state index in [2.05, 4.69) is 26.8 Å². The topological polar surface area (TPSA) is 96.2 Å². The van der Waals surface area contributed by atoms with Gasteiger partial charge in [-0.1, -0.05) is 6.58 Å². The van der Waals surface area contributed by atoms with E-state index in [4.69, 9.17) is 0 Å². The Kier molecular flexibility index (Phi) is 4.63. The minimum absolute atomic E-state index is 0.0586. The molecule has 2 amide bonds. The first-order valence-corrected chi connectivity index (χ1v) is 9.67. The molecule has 0 spiro atoms. The van der Waals surface area contributed by atoms with Gasteiger partial charge < -0.3 is 14.8 Å². The van der Waals surface area contributed by atoms with E-state index < -0.39 is 0 Å². The number of fused-ring (bicyclic) bond motifs is 1. The van der Waals surface area contributed by atoms with Crippen LogP contribution in [-0.2, 0) is 11.3 Å². The van der Waals surface area contributed by atoms with Gasteiger partial charge in [-0.2, -0.15) is 0 Å². The maximum atomic E-state index is 12.6. The molecule has 3 aromatic heterocycles. The van der Waals surface area contributed by atoms with Crippen LogP contribution in [0.4, 0.5) is 11.6 Å². The molecule has 0 bridgehead atoms. The molecule has 29 heavy (non-hydrogen) atoms. The van der Waals surface area contributed by atoms with Gasteiger partial charge in [-0.25, -0.2) is 15.0 Å². The summed E-state index contributed by atoms with van der Waals surface area (Å²) in [6, 6.07) is 3.58. The molecule has 0 aromatic carbocycles. The molecule has 1 aliphatic rings. The Bertz CT molecular complexity index is 1120. The standard InChI is InChI=1S/C19H19N7O2S/c1-11-22-14(9-29-11)13-5-6-15(20-7-13)23-16(27)8-26-10-21-18-17(26)19(28)25(4)12(2)24(18)3/h5-7,9-10H,2,8H2,1,3-4H3,(H,20,23,27). The summed E-state index contributed by atoms with van der Waals surface area (Å²) in [5.74, 6) is 0.865. The van der Waals surface area contributed by atoms with Gasteiger partial charge in [-0.3, -0.25) is 14.5 Å². The first kappa shape index (κ1) is 18.8. The lowest BCUT2D eigenvalue weighted by atomic mass is 10.2. The zero-order chi connectivity index (χ0) is 20.7. The number of amides is 2. The van der Waals surface area contributed by atoms with Crippen molar-refractivity contribution in [1.82, 2.24) is 24.4 Å². The van der Waals surface area contributed by atoms with Crippen LogP contribution in [0.1, 0.15) is 15.5 Å². The van der Waals surface area contributed by atoms with Gasteiger partial charge in [0.1, 0.15) is 18.2 Å². The Labute approximate surface area is 171 Å². The second kappa shape index (κ2) is 7.13. The van der Waals surface area contributed by atoms with Crippen molar-refractivity contribution in [3.63, 3.8) is 0 Å². The average molecular weight is 409 g/mol. The predicted molar refractivity (Wildman–Crippen MR) is 111 cm³/mol. The van der Waals surface area contributed by atoms with Crippen LogP contribution in [0, 0.1) is 6.92 Å². The highest BCUT2D eigenvalue weighted by molar-refractivity contribution is 7.09. The Morgan fingerprint density at radius 1 is 1.24 bits per heavy atom. The van der Waals surface area contributed by atoms with Gasteiger partial charge in [-0.05, 0) is 19.1 Å². The SMILES string of the molecule is C=C1N(C)C(=O)c2c(ncn2CC(=O)Nc2ccc(-c3csc(C)n3)cn2)N1C. The molecule has 10 heteroatoms. The van der Waals surface area contributed by atoms with Crippen molar-refractivity contribution in [2.24, 2.45) is 0 Å². The number of pyridine rings is 1. The zero-order valence-corrected chi connectivity index (χ0v) is 17.0. The summed E-state index contributed by atoms with van der Waals surface area (Å²) in [4.78, 5) is 41.2. The number of imidazole rings is 1. The highest BCUT2D eigenvalue weighted by atomic mass is 32.1. The number of aromatic nitrogens is 4. The number of rotatable bonds is 4. The maximum Gasteiger partial charge on any atom is 0.279 e. The molecule has 9 nitrogen and oxygen atoms in total. The summed E-state index contributed by atoms with van der Waals surface area (Å²) in [6.45, 7) is 5.76. The van der Waals surface area contributed by atoms with Gasteiger partial charge in [0.25, 0.3) is 5.91 Å². The van der Waals surface area contributed by atoms with E-state index >= 15 is 0 Å². The van der Waals surface area contributed by atoms with Crippen LogP contribution in [0.25, 0.3) is 11.3 Å². The first-order valence-electron chi connectivity index (χ1n) is 8.79. The fourth-order valence-corrected chi connectivity index (χ4v) is 3.65. The van der Waals surface area contributed by atoms with Crippen molar-refractivity contribution >= 4 is 34.8 Å². The average Bonchev–Trinajstić information content (AvgIpc) is 3.32. The van der Waals surface area contributed by atoms with Gasteiger partial charge in [0.15, 0.2) is 11.5 Å². The van der Waals surface area contributed by atoms with Gasteiger partial charge in [-0.15, -0.1) is 11.3 Å². The molecular weight excluding hydrogens is 390 g/mol. The molecule has 148 valence electrons. The Morgan fingerprint density at radius 3 is 2.69 bits per heavy atom. The second-order valence-electron chi connectivity index (χ2n) is 6.62. The van der Waals surface area contributed by atoms with Crippen molar-refractivity contribution < 1.29 is 9.59 Å². The third kappa shape index (κ3) is 3.38. The van der Waals surface area contributed by atoms with Crippen LogP contribution in [-0.4, -0.2) is 50.3 Å². The Hall–Kier alpha value is -3.53. The second-order valence-corrected chi connectivity index (χ2v) is 7.68. The summed E-state index contributed by atoms with van der Waals surface area (Å²) >= 11 is 1.57. The van der Waals surface area contributed by atoms with Crippen LogP contribution < -0.4 is 10.2 Å². The van der Waals surface area contributed by atoms with E-state index in [1.165, 1.54) is 15.8 Å². The van der Waals surface area contributed by atoms with E-state index in [1.807, 2.05) is 18.4 Å². The summed E-state index contributed by atoms with van der Waals surface area (Å²) in [5.41, 5.74) is 2.09. The maximum absolute atomic E-state index is 12.6. The fraction of sp³-hybridized carbons (Fsp3) is 0.211. The van der Waals surface area contributed by atoms with Crippen molar-refractivity contribution in [3.05, 3.63) is 53.1 Å². The number of anilines is 2. The number of thiazole rings is 1. The molecule has 0 radical (unpaired) electrons. The highest BCUT2D eigenvalue weighted by Crippen LogP contribution is 2.29. The Morgan fingerprint density at radius 2 is 2.03 bits per heavy atom. The number of nitrogens with one attached hydrogen (secondary N) is 1. The molecule has 0 saturated heterocycles. The fourth-order valence-electron chi connectivity index (χ4n) is 3.03. The van der Waals surface area contributed by atoms with Crippen LogP contribution >= 0.6 is 11.3 Å². The zero-order valence-electron chi connectivity index (χ0n) is 16.2. The summed E-state index contributed by atoms with van der Waals surface area (Å²) in [5, 5.41) is 5.69. The first-order chi connectivity index (χ1) is 13.8. The summed E-state index contributed by atoms with van der Waals surface area (Å²) in [7, 11) is 3.41. The molecule has 4 heterocycles. The number of hydrogen-bond acceptors (Lipinski definition) is 7. The molecule has 0 saturated carbocycles. The third-order valence-corrected chi connectivity index (χ3v) is 5.45. The van der Waals surface area contributed by atoms with E-state index in [9.17, 15) is 9.59 Å². The van der Waals surface area contributed by atoms with E-state index in [0.29, 0.717) is 23.2 Å². The molecule has 0 atom stereocenters. The summed E-state index contributed by atoms with van der Waals surface area (Å²) < 4.78 is 1.53. The molecule has 1 N–H and O–H groups in total. The van der Waals surface area contributed by atoms with Crippen LogP contribution in [0.5, 0.6) is 0 Å². The molecule has 1 aliphatic heterocycles.